The highest BCUT2D eigenvalue weighted by Crippen LogP contribution is 2.28. The molecule has 1 aromatic carbocycles. The second-order valence-electron chi connectivity index (χ2n) is 7.64. The molecule has 0 aliphatic carbocycles. The minimum Gasteiger partial charge on any atom is -0.348 e. The topological polar surface area (TPSA) is 116 Å². The third-order valence-electron chi connectivity index (χ3n) is 5.58. The number of nitriles is 1. The van der Waals surface area contributed by atoms with Gasteiger partial charge in [0.2, 0.25) is 0 Å². The van der Waals surface area contributed by atoms with E-state index in [0.29, 0.717) is 46.7 Å². The average molecular weight is 418 g/mol. The highest BCUT2D eigenvalue weighted by molar-refractivity contribution is 6.05. The number of benzene rings is 1. The molecule has 0 saturated carbocycles. The van der Waals surface area contributed by atoms with E-state index in [4.69, 9.17) is 5.26 Å². The van der Waals surface area contributed by atoms with E-state index < -0.39 is 0 Å². The zero-order chi connectivity index (χ0) is 21.5. The Morgan fingerprint density at radius 1 is 1.45 bits per heavy atom. The van der Waals surface area contributed by atoms with Crippen LogP contribution in [0.15, 0.2) is 30.6 Å². The van der Waals surface area contributed by atoms with Crippen LogP contribution in [0.3, 0.4) is 0 Å². The lowest BCUT2D eigenvalue weighted by molar-refractivity contribution is 0.0939. The SMILES string of the molecule is Cn1nc(-c2cnc3[nH]cc(C(=O)NC4CCN(CC#N)C4)c3n2)c2ccc(F)cc21. The van der Waals surface area contributed by atoms with Crippen LogP contribution >= 0.6 is 0 Å². The van der Waals surface area contributed by atoms with Crippen molar-refractivity contribution in [3.8, 4) is 17.5 Å². The molecule has 0 bridgehead atoms. The fraction of sp³-hybridized carbons (Fsp3) is 0.286. The first-order valence-electron chi connectivity index (χ1n) is 9.90. The van der Waals surface area contributed by atoms with Gasteiger partial charge in [-0.15, -0.1) is 0 Å². The molecule has 9 nitrogen and oxygen atoms in total. The number of aryl methyl sites for hydroxylation is 1. The summed E-state index contributed by atoms with van der Waals surface area (Å²) in [4.78, 5) is 26.9. The molecule has 1 atom stereocenters. The normalized spacial score (nSPS) is 16.7. The summed E-state index contributed by atoms with van der Waals surface area (Å²) in [6.45, 7) is 1.79. The van der Waals surface area contributed by atoms with E-state index in [9.17, 15) is 9.18 Å². The van der Waals surface area contributed by atoms with E-state index in [1.165, 1.54) is 12.1 Å². The van der Waals surface area contributed by atoms with Gasteiger partial charge in [0.1, 0.15) is 22.7 Å². The van der Waals surface area contributed by atoms with Crippen LogP contribution in [0.25, 0.3) is 33.5 Å². The van der Waals surface area contributed by atoms with Gasteiger partial charge in [0, 0.05) is 37.8 Å². The number of halogens is 1. The van der Waals surface area contributed by atoms with Crippen molar-refractivity contribution in [3.05, 3.63) is 42.0 Å². The number of hydrogen-bond donors (Lipinski definition) is 2. The second-order valence-corrected chi connectivity index (χ2v) is 7.64. The molecule has 1 aliphatic rings. The molecule has 10 heteroatoms. The van der Waals surface area contributed by atoms with E-state index in [0.717, 1.165) is 18.4 Å². The maximum absolute atomic E-state index is 13.6. The molecule has 1 amide bonds. The molecule has 2 N–H and O–H groups in total. The van der Waals surface area contributed by atoms with Crippen LogP contribution in [0.4, 0.5) is 4.39 Å². The van der Waals surface area contributed by atoms with Crippen LogP contribution in [0.1, 0.15) is 16.8 Å². The highest BCUT2D eigenvalue weighted by atomic mass is 19.1. The van der Waals surface area contributed by atoms with Crippen molar-refractivity contribution in [2.75, 3.05) is 19.6 Å². The van der Waals surface area contributed by atoms with Crippen molar-refractivity contribution in [2.45, 2.75) is 12.5 Å². The van der Waals surface area contributed by atoms with Crippen LogP contribution in [0, 0.1) is 17.1 Å². The summed E-state index contributed by atoms with van der Waals surface area (Å²) in [7, 11) is 1.74. The Morgan fingerprint density at radius 3 is 3.16 bits per heavy atom. The lowest BCUT2D eigenvalue weighted by atomic mass is 10.1. The number of nitrogens with zero attached hydrogens (tertiary/aromatic N) is 6. The number of nitrogens with one attached hydrogen (secondary N) is 2. The number of carbonyl (C=O) groups excluding carboxylic acids is 1. The summed E-state index contributed by atoms with van der Waals surface area (Å²) in [6.07, 6.45) is 3.98. The van der Waals surface area contributed by atoms with Crippen LogP contribution in [0.5, 0.6) is 0 Å². The minimum absolute atomic E-state index is 0.0171. The largest absolute Gasteiger partial charge is 0.348 e. The van der Waals surface area contributed by atoms with Gasteiger partial charge in [-0.05, 0) is 24.6 Å². The molecule has 1 saturated heterocycles. The van der Waals surface area contributed by atoms with E-state index in [1.54, 1.807) is 30.2 Å². The van der Waals surface area contributed by atoms with Gasteiger partial charge >= 0.3 is 0 Å². The predicted molar refractivity (Wildman–Crippen MR) is 111 cm³/mol. The highest BCUT2D eigenvalue weighted by Gasteiger charge is 2.25. The number of H-pyrrole nitrogens is 1. The first-order valence-corrected chi connectivity index (χ1v) is 9.90. The van der Waals surface area contributed by atoms with Crippen LogP contribution in [-0.4, -0.2) is 61.2 Å². The number of amides is 1. The van der Waals surface area contributed by atoms with Gasteiger partial charge < -0.3 is 10.3 Å². The summed E-state index contributed by atoms with van der Waals surface area (Å²) in [5, 5.41) is 17.1. The Morgan fingerprint density at radius 2 is 2.32 bits per heavy atom. The van der Waals surface area contributed by atoms with Gasteiger partial charge in [-0.2, -0.15) is 10.4 Å². The maximum Gasteiger partial charge on any atom is 0.255 e. The molecular weight excluding hydrogens is 399 g/mol. The maximum atomic E-state index is 13.6. The van der Waals surface area contributed by atoms with Crippen LogP contribution in [-0.2, 0) is 7.05 Å². The van der Waals surface area contributed by atoms with Crippen molar-refractivity contribution in [1.82, 2.24) is 34.9 Å². The number of likely N-dealkylation sites (tertiary alicyclic amines) is 1. The van der Waals surface area contributed by atoms with Crippen LogP contribution < -0.4 is 5.32 Å². The molecule has 31 heavy (non-hydrogen) atoms. The smallest absolute Gasteiger partial charge is 0.255 e. The zero-order valence-corrected chi connectivity index (χ0v) is 16.8. The van der Waals surface area contributed by atoms with E-state index in [2.05, 4.69) is 31.4 Å². The molecule has 1 unspecified atom stereocenters. The fourth-order valence-corrected chi connectivity index (χ4v) is 4.06. The molecular formula is C21H19FN8O. The molecule has 1 fully saturated rings. The predicted octanol–water partition coefficient (Wildman–Crippen LogP) is 1.98. The molecule has 156 valence electrons. The Bertz CT molecular complexity index is 1350. The quantitative estimate of drug-likeness (QED) is 0.490. The van der Waals surface area contributed by atoms with Crippen molar-refractivity contribution in [2.24, 2.45) is 7.05 Å². The Kier molecular flexibility index (Phi) is 4.60. The van der Waals surface area contributed by atoms with Crippen molar-refractivity contribution >= 4 is 28.0 Å². The van der Waals surface area contributed by atoms with Gasteiger partial charge in [-0.3, -0.25) is 14.4 Å². The summed E-state index contributed by atoms with van der Waals surface area (Å²) >= 11 is 0. The molecule has 0 spiro atoms. The number of carbonyl (C=O) groups is 1. The third-order valence-corrected chi connectivity index (χ3v) is 5.58. The van der Waals surface area contributed by atoms with E-state index >= 15 is 0 Å². The first kappa shape index (κ1) is 19.1. The Labute approximate surface area is 176 Å². The van der Waals surface area contributed by atoms with Gasteiger partial charge in [-0.1, -0.05) is 0 Å². The number of fused-ring (bicyclic) bond motifs is 2. The number of aromatic nitrogens is 5. The standard InChI is InChI=1S/C21H19FN8O/c1-29-17-8-12(22)2-3-14(17)18(28-29)16-10-25-20-19(27-16)15(9-24-20)21(31)26-13-4-6-30(11-13)7-5-23/h2-3,8-10,13H,4,6-7,11H2,1H3,(H,24,25)(H,26,31). The minimum atomic E-state index is -0.339. The Balaban J connectivity index is 1.47. The number of rotatable bonds is 4. The molecule has 0 radical (unpaired) electrons. The molecule has 4 aromatic rings. The fourth-order valence-electron chi connectivity index (χ4n) is 4.06. The van der Waals surface area contributed by atoms with Gasteiger partial charge in [-0.25, -0.2) is 14.4 Å². The van der Waals surface area contributed by atoms with Gasteiger partial charge in [0.15, 0.2) is 5.65 Å². The zero-order valence-electron chi connectivity index (χ0n) is 16.8. The van der Waals surface area contributed by atoms with E-state index in [1.807, 2.05) is 4.90 Å². The summed E-state index contributed by atoms with van der Waals surface area (Å²) < 4.78 is 15.2. The number of hydrogen-bond acceptors (Lipinski definition) is 6. The molecule has 5 rings (SSSR count). The third kappa shape index (κ3) is 3.39. The molecule has 3 aromatic heterocycles. The summed E-state index contributed by atoms with van der Waals surface area (Å²) in [6, 6.07) is 6.58. The lowest BCUT2D eigenvalue weighted by Gasteiger charge is -2.13. The second kappa shape index (κ2) is 7.45. The summed E-state index contributed by atoms with van der Waals surface area (Å²) in [5.74, 6) is -0.581. The van der Waals surface area contributed by atoms with Crippen molar-refractivity contribution in [3.63, 3.8) is 0 Å². The van der Waals surface area contributed by atoms with Crippen molar-refractivity contribution < 1.29 is 9.18 Å². The lowest BCUT2D eigenvalue weighted by Crippen LogP contribution is -2.37. The monoisotopic (exact) mass is 418 g/mol. The Hall–Kier alpha value is -3.84. The first-order chi connectivity index (χ1) is 15.0. The molecule has 4 heterocycles. The van der Waals surface area contributed by atoms with Gasteiger partial charge in [0.05, 0.1) is 29.9 Å². The van der Waals surface area contributed by atoms with E-state index in [-0.39, 0.29) is 17.8 Å². The molecule has 1 aliphatic heterocycles. The van der Waals surface area contributed by atoms with Crippen molar-refractivity contribution in [1.29, 1.82) is 5.26 Å². The van der Waals surface area contributed by atoms with Gasteiger partial charge in [0.25, 0.3) is 5.91 Å². The summed E-state index contributed by atoms with van der Waals surface area (Å²) in [5.41, 5.74) is 3.06. The average Bonchev–Trinajstić information content (AvgIpc) is 3.45. The number of aromatic amines is 1. The van der Waals surface area contributed by atoms with Crippen LogP contribution in [0.2, 0.25) is 0 Å².